The van der Waals surface area contributed by atoms with Gasteiger partial charge < -0.3 is 0 Å². The van der Waals surface area contributed by atoms with Crippen LogP contribution < -0.4 is 4.57 Å². The van der Waals surface area contributed by atoms with Gasteiger partial charge in [0.1, 0.15) is 17.9 Å². The molecule has 2 atom stereocenters. The van der Waals surface area contributed by atoms with Crippen molar-refractivity contribution in [2.75, 3.05) is 0 Å². The lowest BCUT2D eigenvalue weighted by Crippen LogP contribution is -2.36. The van der Waals surface area contributed by atoms with Crippen LogP contribution in [0.25, 0.3) is 11.4 Å². The number of rotatable bonds is 0. The lowest BCUT2D eigenvalue weighted by molar-refractivity contribution is -0.659. The zero-order valence-corrected chi connectivity index (χ0v) is 10.6. The Kier molecular flexibility index (Phi) is 1.38. The standard InChI is InChI=1S/C15H17N2/c1-14-10-15(14,2)17-9-8-16(3)13(17)11-6-4-5-7-12(11)14/h4-9H,10H2,1-3H3/q+1/t14?,15-/m1/s1. The first-order chi connectivity index (χ1) is 8.08. The van der Waals surface area contributed by atoms with Crippen LogP contribution in [0.4, 0.5) is 0 Å². The van der Waals surface area contributed by atoms with Crippen molar-refractivity contribution in [3.8, 4) is 11.4 Å². The van der Waals surface area contributed by atoms with E-state index in [0.29, 0.717) is 5.41 Å². The minimum atomic E-state index is 0.276. The molecule has 1 saturated carbocycles. The van der Waals surface area contributed by atoms with Gasteiger partial charge in [0.05, 0.1) is 12.6 Å². The van der Waals surface area contributed by atoms with Gasteiger partial charge in [-0.05, 0) is 18.6 Å². The van der Waals surface area contributed by atoms with Gasteiger partial charge in [-0.25, -0.2) is 9.13 Å². The van der Waals surface area contributed by atoms with Crippen molar-refractivity contribution in [3.05, 3.63) is 42.2 Å². The van der Waals surface area contributed by atoms with Crippen LogP contribution in [0, 0.1) is 0 Å². The second kappa shape index (κ2) is 2.47. The molecule has 1 aromatic heterocycles. The normalized spacial score (nSPS) is 32.6. The predicted octanol–water partition coefficient (Wildman–Crippen LogP) is 2.37. The fourth-order valence-corrected chi connectivity index (χ4v) is 3.74. The molecule has 0 spiro atoms. The minimum Gasteiger partial charge on any atom is -0.233 e. The van der Waals surface area contributed by atoms with Gasteiger partial charge in [-0.2, -0.15) is 0 Å². The molecule has 0 bridgehead atoms. The van der Waals surface area contributed by atoms with Gasteiger partial charge in [0, 0.05) is 11.8 Å². The van der Waals surface area contributed by atoms with Crippen molar-refractivity contribution in [1.82, 2.24) is 4.57 Å². The largest absolute Gasteiger partial charge is 0.289 e. The van der Waals surface area contributed by atoms with Crippen molar-refractivity contribution in [3.63, 3.8) is 0 Å². The molecule has 86 valence electrons. The summed E-state index contributed by atoms with van der Waals surface area (Å²) in [6.45, 7) is 4.78. The second-order valence-corrected chi connectivity index (χ2v) is 5.93. The lowest BCUT2D eigenvalue weighted by atomic mass is 9.86. The van der Waals surface area contributed by atoms with E-state index in [9.17, 15) is 0 Å². The van der Waals surface area contributed by atoms with Crippen molar-refractivity contribution in [2.45, 2.75) is 31.2 Å². The molecule has 1 aromatic carbocycles. The van der Waals surface area contributed by atoms with Crippen LogP contribution in [0.2, 0.25) is 0 Å². The third-order valence-corrected chi connectivity index (χ3v) is 5.06. The minimum absolute atomic E-state index is 0.276. The molecule has 0 amide bonds. The van der Waals surface area contributed by atoms with Crippen molar-refractivity contribution >= 4 is 0 Å². The van der Waals surface area contributed by atoms with Crippen LogP contribution in [-0.4, -0.2) is 4.57 Å². The van der Waals surface area contributed by atoms with E-state index >= 15 is 0 Å². The highest BCUT2D eigenvalue weighted by Crippen LogP contribution is 2.66. The third-order valence-electron chi connectivity index (χ3n) is 5.06. The molecule has 2 heterocycles. The molecule has 1 aliphatic carbocycles. The molecule has 1 unspecified atom stereocenters. The van der Waals surface area contributed by atoms with Crippen LogP contribution in [0.3, 0.4) is 0 Å². The van der Waals surface area contributed by atoms with Gasteiger partial charge in [-0.15, -0.1) is 0 Å². The Labute approximate surface area is 102 Å². The third kappa shape index (κ3) is 0.843. The number of nitrogens with zero attached hydrogens (tertiary/aromatic N) is 2. The van der Waals surface area contributed by atoms with E-state index < -0.39 is 0 Å². The maximum absolute atomic E-state index is 2.47. The molecule has 1 fully saturated rings. The van der Waals surface area contributed by atoms with Crippen LogP contribution in [0.15, 0.2) is 36.7 Å². The SMILES string of the molecule is C[n+]1ccn2c1-c1ccccc1C1(C)C[C@@]21C. The summed E-state index contributed by atoms with van der Waals surface area (Å²) < 4.78 is 4.71. The summed E-state index contributed by atoms with van der Waals surface area (Å²) in [5, 5.41) is 0. The lowest BCUT2D eigenvalue weighted by Gasteiger charge is -2.25. The van der Waals surface area contributed by atoms with Crippen LogP contribution >= 0.6 is 0 Å². The molecular formula is C15H17N2+. The number of benzene rings is 1. The zero-order valence-electron chi connectivity index (χ0n) is 10.6. The average molecular weight is 225 g/mol. The topological polar surface area (TPSA) is 8.81 Å². The van der Waals surface area contributed by atoms with Crippen molar-refractivity contribution in [2.24, 2.45) is 7.05 Å². The van der Waals surface area contributed by atoms with E-state index in [1.165, 1.54) is 23.4 Å². The second-order valence-electron chi connectivity index (χ2n) is 5.93. The van der Waals surface area contributed by atoms with E-state index in [1.54, 1.807) is 0 Å². The maximum atomic E-state index is 2.47. The van der Waals surface area contributed by atoms with Gasteiger partial charge in [0.15, 0.2) is 0 Å². The molecule has 4 rings (SSSR count). The smallest absolute Gasteiger partial charge is 0.233 e. The number of hydrogen-bond acceptors (Lipinski definition) is 0. The van der Waals surface area contributed by atoms with E-state index in [0.717, 1.165) is 0 Å². The van der Waals surface area contributed by atoms with E-state index in [1.807, 2.05) is 0 Å². The van der Waals surface area contributed by atoms with Crippen LogP contribution in [-0.2, 0) is 18.0 Å². The predicted molar refractivity (Wildman–Crippen MR) is 66.7 cm³/mol. The zero-order chi connectivity index (χ0) is 11.8. The molecule has 0 N–H and O–H groups in total. The Morgan fingerprint density at radius 1 is 1.24 bits per heavy atom. The Hall–Kier alpha value is -1.57. The highest BCUT2D eigenvalue weighted by Gasteiger charge is 2.70. The first-order valence-electron chi connectivity index (χ1n) is 6.25. The van der Waals surface area contributed by atoms with Gasteiger partial charge in [0.2, 0.25) is 0 Å². The number of aryl methyl sites for hydroxylation is 1. The quantitative estimate of drug-likeness (QED) is 0.609. The number of imidazole rings is 1. The number of aromatic nitrogens is 2. The van der Waals surface area contributed by atoms with E-state index in [-0.39, 0.29) is 5.54 Å². The van der Waals surface area contributed by atoms with Gasteiger partial charge in [-0.3, -0.25) is 0 Å². The van der Waals surface area contributed by atoms with E-state index in [4.69, 9.17) is 0 Å². The summed E-state index contributed by atoms with van der Waals surface area (Å²) >= 11 is 0. The summed E-state index contributed by atoms with van der Waals surface area (Å²) in [6.07, 6.45) is 5.65. The summed E-state index contributed by atoms with van der Waals surface area (Å²) in [6, 6.07) is 8.87. The molecule has 2 heteroatoms. The molecule has 0 saturated heterocycles. The summed E-state index contributed by atoms with van der Waals surface area (Å²) in [5.41, 5.74) is 3.52. The molecule has 0 radical (unpaired) electrons. The molecule has 1 aliphatic heterocycles. The number of hydrogen-bond donors (Lipinski definition) is 0. The molecule has 2 nitrogen and oxygen atoms in total. The molecule has 17 heavy (non-hydrogen) atoms. The fraction of sp³-hybridized carbons (Fsp3) is 0.400. The summed E-state index contributed by atoms with van der Waals surface area (Å²) in [7, 11) is 2.14. The Morgan fingerprint density at radius 2 is 2.00 bits per heavy atom. The summed E-state index contributed by atoms with van der Waals surface area (Å²) in [4.78, 5) is 0. The molecule has 2 aromatic rings. The highest BCUT2D eigenvalue weighted by molar-refractivity contribution is 5.67. The maximum Gasteiger partial charge on any atom is 0.289 e. The Bertz CT molecular complexity index is 640. The van der Waals surface area contributed by atoms with Crippen LogP contribution in [0.1, 0.15) is 25.8 Å². The Morgan fingerprint density at radius 3 is 2.82 bits per heavy atom. The first-order valence-corrected chi connectivity index (χ1v) is 6.25. The van der Waals surface area contributed by atoms with Gasteiger partial charge >= 0.3 is 0 Å². The highest BCUT2D eigenvalue weighted by atomic mass is 15.2. The molecular weight excluding hydrogens is 208 g/mol. The van der Waals surface area contributed by atoms with Crippen LogP contribution in [0.5, 0.6) is 0 Å². The van der Waals surface area contributed by atoms with Crippen molar-refractivity contribution in [1.29, 1.82) is 0 Å². The summed E-state index contributed by atoms with van der Waals surface area (Å²) in [5.74, 6) is 1.35. The molecule has 2 aliphatic rings. The Balaban J connectivity index is 2.15. The van der Waals surface area contributed by atoms with Gasteiger partial charge in [-0.1, -0.05) is 25.1 Å². The van der Waals surface area contributed by atoms with E-state index in [2.05, 4.69) is 66.7 Å². The number of fused-ring (bicyclic) bond motifs is 6. The average Bonchev–Trinajstić information content (AvgIpc) is 2.70. The first kappa shape index (κ1) is 9.46. The van der Waals surface area contributed by atoms with Crippen molar-refractivity contribution < 1.29 is 4.57 Å². The fourth-order valence-electron chi connectivity index (χ4n) is 3.74. The van der Waals surface area contributed by atoms with Gasteiger partial charge in [0.25, 0.3) is 5.82 Å². The monoisotopic (exact) mass is 225 g/mol.